The van der Waals surface area contributed by atoms with Crippen molar-refractivity contribution >= 4 is 17.4 Å². The molecule has 112 valence electrons. The Labute approximate surface area is 125 Å². The van der Waals surface area contributed by atoms with E-state index in [1.807, 2.05) is 6.92 Å². The Bertz CT molecular complexity index is 424. The van der Waals surface area contributed by atoms with E-state index >= 15 is 0 Å². The van der Waals surface area contributed by atoms with Crippen molar-refractivity contribution in [2.75, 3.05) is 31.6 Å². The van der Waals surface area contributed by atoms with Gasteiger partial charge in [0.15, 0.2) is 5.82 Å². The molecule has 1 N–H and O–H groups in total. The molecule has 6 heteroatoms. The number of nitrogens with zero attached hydrogens (tertiary/aromatic N) is 3. The molecule has 0 aliphatic carbocycles. The zero-order valence-corrected chi connectivity index (χ0v) is 13.0. The van der Waals surface area contributed by atoms with Gasteiger partial charge in [-0.15, -0.1) is 0 Å². The molecule has 1 unspecified atom stereocenters. The van der Waals surface area contributed by atoms with E-state index in [4.69, 9.17) is 16.3 Å². The van der Waals surface area contributed by atoms with Gasteiger partial charge in [0.2, 0.25) is 0 Å². The number of likely N-dealkylation sites (tertiary alicyclic amines) is 1. The van der Waals surface area contributed by atoms with E-state index in [-0.39, 0.29) is 0 Å². The van der Waals surface area contributed by atoms with E-state index < -0.39 is 0 Å². The largest absolute Gasteiger partial charge is 0.374 e. The van der Waals surface area contributed by atoms with E-state index in [1.54, 1.807) is 6.07 Å². The molecule has 2 rings (SSSR count). The van der Waals surface area contributed by atoms with Gasteiger partial charge in [0.1, 0.15) is 17.6 Å². The topological polar surface area (TPSA) is 50.3 Å². The lowest BCUT2D eigenvalue weighted by Gasteiger charge is -2.24. The van der Waals surface area contributed by atoms with Crippen LogP contribution in [0.2, 0.25) is 5.15 Å². The molecule has 20 heavy (non-hydrogen) atoms. The molecular weight excluding hydrogens is 276 g/mol. The average Bonchev–Trinajstić information content (AvgIpc) is 2.96. The van der Waals surface area contributed by atoms with Crippen molar-refractivity contribution in [3.63, 3.8) is 0 Å². The maximum absolute atomic E-state index is 6.01. The summed E-state index contributed by atoms with van der Waals surface area (Å²) in [7, 11) is 0. The highest BCUT2D eigenvalue weighted by Gasteiger charge is 2.17. The number of rotatable bonds is 7. The Kier molecular flexibility index (Phi) is 6.01. The predicted molar refractivity (Wildman–Crippen MR) is 81.1 cm³/mol. The van der Waals surface area contributed by atoms with Gasteiger partial charge in [-0.25, -0.2) is 9.97 Å². The van der Waals surface area contributed by atoms with E-state index in [9.17, 15) is 0 Å². The summed E-state index contributed by atoms with van der Waals surface area (Å²) in [5, 5.41) is 3.80. The molecule has 2 heterocycles. The maximum atomic E-state index is 6.01. The molecule has 1 aromatic rings. The highest BCUT2D eigenvalue weighted by Crippen LogP contribution is 2.14. The summed E-state index contributed by atoms with van der Waals surface area (Å²) in [5.41, 5.74) is 0. The third-order valence-electron chi connectivity index (χ3n) is 3.52. The minimum absolute atomic E-state index is 0.396. The van der Waals surface area contributed by atoms with Gasteiger partial charge in [0.25, 0.3) is 0 Å². The fraction of sp³-hybridized carbons (Fsp3) is 0.714. The number of ether oxygens (including phenoxy) is 1. The highest BCUT2D eigenvalue weighted by atomic mass is 35.5. The van der Waals surface area contributed by atoms with Gasteiger partial charge < -0.3 is 10.1 Å². The molecule has 1 fully saturated rings. The predicted octanol–water partition coefficient (Wildman–Crippen LogP) is 2.56. The van der Waals surface area contributed by atoms with Crippen LogP contribution in [0.3, 0.4) is 0 Å². The molecule has 1 atom stereocenters. The first-order valence-corrected chi connectivity index (χ1v) is 7.66. The second kappa shape index (κ2) is 7.76. The lowest BCUT2D eigenvalue weighted by Crippen LogP contribution is -2.35. The van der Waals surface area contributed by atoms with Crippen molar-refractivity contribution < 1.29 is 4.74 Å². The van der Waals surface area contributed by atoms with Crippen LogP contribution in [0.5, 0.6) is 0 Å². The molecule has 0 amide bonds. The van der Waals surface area contributed by atoms with Gasteiger partial charge in [-0.3, -0.25) is 4.90 Å². The van der Waals surface area contributed by atoms with E-state index in [0.717, 1.165) is 12.4 Å². The van der Waals surface area contributed by atoms with Gasteiger partial charge in [0.05, 0.1) is 0 Å². The smallest absolute Gasteiger partial charge is 0.158 e. The fourth-order valence-electron chi connectivity index (χ4n) is 2.38. The molecule has 0 aromatic carbocycles. The third kappa shape index (κ3) is 4.58. The van der Waals surface area contributed by atoms with Crippen LogP contribution in [0.15, 0.2) is 6.07 Å². The lowest BCUT2D eigenvalue weighted by molar-refractivity contribution is 0.128. The van der Waals surface area contributed by atoms with Crippen molar-refractivity contribution in [3.8, 4) is 0 Å². The standard InChI is InChI=1S/C14H23ClN4O/c1-3-20-10-14-17-12(15)8-13(18-14)16-9-11(2)19-6-4-5-7-19/h8,11H,3-7,9-10H2,1-2H3,(H,16,17,18). The molecule has 1 aromatic heterocycles. The van der Waals surface area contributed by atoms with Crippen LogP contribution in [0.4, 0.5) is 5.82 Å². The van der Waals surface area contributed by atoms with Crippen molar-refractivity contribution in [2.45, 2.75) is 39.3 Å². The highest BCUT2D eigenvalue weighted by molar-refractivity contribution is 6.29. The van der Waals surface area contributed by atoms with Crippen LogP contribution in [0, 0.1) is 0 Å². The SMILES string of the molecule is CCOCc1nc(Cl)cc(NCC(C)N2CCCC2)n1. The number of hydrogen-bond acceptors (Lipinski definition) is 5. The van der Waals surface area contributed by atoms with Crippen LogP contribution >= 0.6 is 11.6 Å². The summed E-state index contributed by atoms with van der Waals surface area (Å²) in [6.45, 7) is 8.48. The van der Waals surface area contributed by atoms with Crippen LogP contribution in [0.25, 0.3) is 0 Å². The van der Waals surface area contributed by atoms with E-state index in [2.05, 4.69) is 27.1 Å². The third-order valence-corrected chi connectivity index (χ3v) is 3.71. The van der Waals surface area contributed by atoms with Crippen LogP contribution in [0.1, 0.15) is 32.5 Å². The van der Waals surface area contributed by atoms with E-state index in [0.29, 0.717) is 30.2 Å². The molecule has 1 saturated heterocycles. The molecule has 0 spiro atoms. The second-order valence-corrected chi connectivity index (χ2v) is 5.49. The summed E-state index contributed by atoms with van der Waals surface area (Å²) >= 11 is 6.01. The average molecular weight is 299 g/mol. The minimum Gasteiger partial charge on any atom is -0.374 e. The van der Waals surface area contributed by atoms with E-state index in [1.165, 1.54) is 25.9 Å². The normalized spacial score (nSPS) is 17.4. The summed E-state index contributed by atoms with van der Waals surface area (Å²) in [5.74, 6) is 1.39. The van der Waals surface area contributed by atoms with Crippen LogP contribution in [-0.2, 0) is 11.3 Å². The maximum Gasteiger partial charge on any atom is 0.158 e. The first-order chi connectivity index (χ1) is 9.69. The first kappa shape index (κ1) is 15.5. The Morgan fingerprint density at radius 2 is 2.15 bits per heavy atom. The molecule has 0 radical (unpaired) electrons. The second-order valence-electron chi connectivity index (χ2n) is 5.10. The molecule has 1 aliphatic heterocycles. The Hall–Kier alpha value is -0.910. The van der Waals surface area contributed by atoms with Crippen LogP contribution < -0.4 is 5.32 Å². The molecule has 5 nitrogen and oxygen atoms in total. The molecule has 0 saturated carbocycles. The van der Waals surface area contributed by atoms with Gasteiger partial charge in [0, 0.05) is 25.3 Å². The summed E-state index contributed by atoms with van der Waals surface area (Å²) < 4.78 is 5.32. The lowest BCUT2D eigenvalue weighted by atomic mass is 10.3. The van der Waals surface area contributed by atoms with Gasteiger partial charge in [-0.05, 0) is 39.8 Å². The van der Waals surface area contributed by atoms with Crippen molar-refractivity contribution in [1.82, 2.24) is 14.9 Å². The molecule has 0 bridgehead atoms. The minimum atomic E-state index is 0.396. The Morgan fingerprint density at radius 1 is 1.40 bits per heavy atom. The Balaban J connectivity index is 1.89. The number of aromatic nitrogens is 2. The Morgan fingerprint density at radius 3 is 2.85 bits per heavy atom. The van der Waals surface area contributed by atoms with Crippen molar-refractivity contribution in [3.05, 3.63) is 17.0 Å². The fourth-order valence-corrected chi connectivity index (χ4v) is 2.58. The quantitative estimate of drug-likeness (QED) is 0.784. The zero-order valence-electron chi connectivity index (χ0n) is 12.2. The van der Waals surface area contributed by atoms with Gasteiger partial charge in [-0.2, -0.15) is 0 Å². The monoisotopic (exact) mass is 298 g/mol. The van der Waals surface area contributed by atoms with Crippen LogP contribution in [-0.4, -0.2) is 47.2 Å². The van der Waals surface area contributed by atoms with Crippen molar-refractivity contribution in [2.24, 2.45) is 0 Å². The van der Waals surface area contributed by atoms with Gasteiger partial charge in [-0.1, -0.05) is 11.6 Å². The summed E-state index contributed by atoms with van der Waals surface area (Å²) in [6.07, 6.45) is 2.62. The number of nitrogens with one attached hydrogen (secondary N) is 1. The number of anilines is 1. The molecular formula is C14H23ClN4O. The zero-order chi connectivity index (χ0) is 14.4. The first-order valence-electron chi connectivity index (χ1n) is 7.28. The summed E-state index contributed by atoms with van der Waals surface area (Å²) in [6, 6.07) is 2.26. The molecule has 1 aliphatic rings. The van der Waals surface area contributed by atoms with Gasteiger partial charge >= 0.3 is 0 Å². The number of hydrogen-bond donors (Lipinski definition) is 1. The van der Waals surface area contributed by atoms with Crippen molar-refractivity contribution in [1.29, 1.82) is 0 Å². The number of halogens is 1. The summed E-state index contributed by atoms with van der Waals surface area (Å²) in [4.78, 5) is 11.1.